The molecule has 31 heavy (non-hydrogen) atoms. The van der Waals surface area contributed by atoms with E-state index >= 15 is 0 Å². The molecule has 0 aliphatic carbocycles. The van der Waals surface area contributed by atoms with Crippen LogP contribution in [0.25, 0.3) is 0 Å². The summed E-state index contributed by atoms with van der Waals surface area (Å²) in [5.41, 5.74) is 3.17. The van der Waals surface area contributed by atoms with Crippen LogP contribution >= 0.6 is 0 Å². The number of amides is 2. The molecule has 1 aliphatic rings. The smallest absolute Gasteiger partial charge is 0.311 e. The van der Waals surface area contributed by atoms with Gasteiger partial charge in [-0.2, -0.15) is 0 Å². The normalized spacial score (nSPS) is 14.4. The third-order valence-electron chi connectivity index (χ3n) is 5.55. The molecule has 0 spiro atoms. The maximum absolute atomic E-state index is 12.6. The number of carbonyl (C=O) groups excluding carboxylic acids is 2. The van der Waals surface area contributed by atoms with Crippen LogP contribution in [0.15, 0.2) is 85.1 Å². The van der Waals surface area contributed by atoms with Crippen molar-refractivity contribution in [2.75, 3.05) is 26.2 Å². The van der Waals surface area contributed by atoms with Gasteiger partial charge in [0.25, 0.3) is 0 Å². The quantitative estimate of drug-likeness (QED) is 0.652. The van der Waals surface area contributed by atoms with Gasteiger partial charge in [-0.15, -0.1) is 0 Å². The SMILES string of the molecule is O=C(NCc1ccccn1)C(=O)N1CCN(C(c2ccccc2)c2ccccc2)CC1. The monoisotopic (exact) mass is 414 g/mol. The van der Waals surface area contributed by atoms with Gasteiger partial charge in [0.2, 0.25) is 0 Å². The summed E-state index contributed by atoms with van der Waals surface area (Å²) >= 11 is 0. The number of nitrogens with one attached hydrogen (secondary N) is 1. The first kappa shape index (κ1) is 20.8. The topological polar surface area (TPSA) is 65.5 Å². The molecule has 6 nitrogen and oxygen atoms in total. The summed E-state index contributed by atoms with van der Waals surface area (Å²) in [6.07, 6.45) is 1.67. The summed E-state index contributed by atoms with van der Waals surface area (Å²) in [6.45, 7) is 2.69. The average Bonchev–Trinajstić information content (AvgIpc) is 2.85. The molecule has 2 heterocycles. The van der Waals surface area contributed by atoms with E-state index in [1.807, 2.05) is 30.3 Å². The van der Waals surface area contributed by atoms with E-state index in [2.05, 4.69) is 63.7 Å². The Morgan fingerprint density at radius 3 is 1.94 bits per heavy atom. The number of hydrogen-bond donors (Lipinski definition) is 1. The zero-order valence-corrected chi connectivity index (χ0v) is 17.4. The maximum Gasteiger partial charge on any atom is 0.311 e. The lowest BCUT2D eigenvalue weighted by atomic mass is 9.96. The summed E-state index contributed by atoms with van der Waals surface area (Å²) in [7, 11) is 0. The largest absolute Gasteiger partial charge is 0.342 e. The van der Waals surface area contributed by atoms with Gasteiger partial charge in [-0.1, -0.05) is 66.7 Å². The molecular formula is C25H26N4O2. The number of pyridine rings is 1. The summed E-state index contributed by atoms with van der Waals surface area (Å²) < 4.78 is 0. The Kier molecular flexibility index (Phi) is 6.69. The maximum atomic E-state index is 12.6. The van der Waals surface area contributed by atoms with Crippen molar-refractivity contribution >= 4 is 11.8 Å². The highest BCUT2D eigenvalue weighted by molar-refractivity contribution is 6.34. The van der Waals surface area contributed by atoms with Crippen molar-refractivity contribution in [3.8, 4) is 0 Å². The highest BCUT2D eigenvalue weighted by atomic mass is 16.2. The predicted octanol–water partition coefficient (Wildman–Crippen LogP) is 2.63. The zero-order valence-electron chi connectivity index (χ0n) is 17.4. The summed E-state index contributed by atoms with van der Waals surface area (Å²) in [5, 5.41) is 2.68. The summed E-state index contributed by atoms with van der Waals surface area (Å²) in [5.74, 6) is -1.06. The van der Waals surface area contributed by atoms with Gasteiger partial charge in [0.05, 0.1) is 18.3 Å². The molecule has 4 rings (SSSR count). The molecule has 2 amide bonds. The second-order valence-corrected chi connectivity index (χ2v) is 7.56. The molecule has 1 aliphatic heterocycles. The number of benzene rings is 2. The van der Waals surface area contributed by atoms with Crippen molar-refractivity contribution in [2.24, 2.45) is 0 Å². The van der Waals surface area contributed by atoms with Crippen LogP contribution < -0.4 is 5.32 Å². The number of carbonyl (C=O) groups is 2. The average molecular weight is 415 g/mol. The van der Waals surface area contributed by atoms with Crippen molar-refractivity contribution in [3.63, 3.8) is 0 Å². The molecule has 1 fully saturated rings. The first-order valence-electron chi connectivity index (χ1n) is 10.5. The van der Waals surface area contributed by atoms with Crippen molar-refractivity contribution < 1.29 is 9.59 Å². The fourth-order valence-corrected chi connectivity index (χ4v) is 3.96. The number of nitrogens with zero attached hydrogens (tertiary/aromatic N) is 3. The zero-order chi connectivity index (χ0) is 21.5. The van der Waals surface area contributed by atoms with E-state index in [4.69, 9.17) is 0 Å². The molecular weight excluding hydrogens is 388 g/mol. The molecule has 1 aromatic heterocycles. The van der Waals surface area contributed by atoms with Crippen molar-refractivity contribution in [1.29, 1.82) is 0 Å². The Labute approximate surface area is 182 Å². The Bertz CT molecular complexity index is 948. The lowest BCUT2D eigenvalue weighted by Gasteiger charge is -2.39. The summed E-state index contributed by atoms with van der Waals surface area (Å²) in [6, 6.07) is 26.4. The van der Waals surface area contributed by atoms with Gasteiger partial charge >= 0.3 is 11.8 Å². The van der Waals surface area contributed by atoms with Crippen LogP contribution in [0, 0.1) is 0 Å². The van der Waals surface area contributed by atoms with E-state index in [1.54, 1.807) is 11.1 Å². The molecule has 6 heteroatoms. The van der Waals surface area contributed by atoms with Crippen molar-refractivity contribution in [1.82, 2.24) is 20.1 Å². The molecule has 0 atom stereocenters. The second kappa shape index (κ2) is 10.00. The lowest BCUT2D eigenvalue weighted by molar-refractivity contribution is -0.147. The Morgan fingerprint density at radius 1 is 0.806 bits per heavy atom. The standard InChI is InChI=1S/C25H26N4O2/c30-24(27-19-22-13-7-8-14-26-22)25(31)29-17-15-28(16-18-29)23(20-9-3-1-4-10-20)21-11-5-2-6-12-21/h1-14,23H,15-19H2,(H,27,30). The van der Waals surface area contributed by atoms with Gasteiger partial charge in [-0.25, -0.2) is 0 Å². The van der Waals surface area contributed by atoms with Crippen LogP contribution in [0.2, 0.25) is 0 Å². The van der Waals surface area contributed by atoms with Gasteiger partial charge < -0.3 is 10.2 Å². The number of hydrogen-bond acceptors (Lipinski definition) is 4. The third-order valence-corrected chi connectivity index (χ3v) is 5.55. The number of aromatic nitrogens is 1. The fraction of sp³-hybridized carbons (Fsp3) is 0.240. The lowest BCUT2D eigenvalue weighted by Crippen LogP contribution is -2.53. The van der Waals surface area contributed by atoms with Crippen LogP contribution in [-0.2, 0) is 16.1 Å². The number of piperazine rings is 1. The molecule has 2 aromatic carbocycles. The fourth-order valence-electron chi connectivity index (χ4n) is 3.96. The van der Waals surface area contributed by atoms with E-state index in [1.165, 1.54) is 11.1 Å². The van der Waals surface area contributed by atoms with Crippen LogP contribution in [0.5, 0.6) is 0 Å². The van der Waals surface area contributed by atoms with Gasteiger partial charge in [0.1, 0.15) is 0 Å². The van der Waals surface area contributed by atoms with Crippen LogP contribution in [0.4, 0.5) is 0 Å². The first-order valence-corrected chi connectivity index (χ1v) is 10.5. The van der Waals surface area contributed by atoms with Crippen molar-refractivity contribution in [3.05, 3.63) is 102 Å². The Morgan fingerprint density at radius 2 is 1.39 bits per heavy atom. The summed E-state index contributed by atoms with van der Waals surface area (Å²) in [4.78, 5) is 33.1. The molecule has 1 saturated heterocycles. The molecule has 3 aromatic rings. The second-order valence-electron chi connectivity index (χ2n) is 7.56. The molecule has 1 N–H and O–H groups in total. The van der Waals surface area contributed by atoms with Crippen LogP contribution in [-0.4, -0.2) is 52.8 Å². The van der Waals surface area contributed by atoms with Gasteiger partial charge in [-0.3, -0.25) is 19.5 Å². The molecule has 158 valence electrons. The number of rotatable bonds is 5. The molecule has 0 bridgehead atoms. The van der Waals surface area contributed by atoms with E-state index in [0.29, 0.717) is 26.2 Å². The van der Waals surface area contributed by atoms with Gasteiger partial charge in [0, 0.05) is 32.4 Å². The Balaban J connectivity index is 1.38. The van der Waals surface area contributed by atoms with E-state index < -0.39 is 11.8 Å². The molecule has 0 saturated carbocycles. The predicted molar refractivity (Wildman–Crippen MR) is 119 cm³/mol. The first-order chi connectivity index (χ1) is 15.2. The highest BCUT2D eigenvalue weighted by Gasteiger charge is 2.30. The van der Waals surface area contributed by atoms with Gasteiger partial charge in [-0.05, 0) is 23.3 Å². The van der Waals surface area contributed by atoms with Crippen molar-refractivity contribution in [2.45, 2.75) is 12.6 Å². The van der Waals surface area contributed by atoms with Gasteiger partial charge in [0.15, 0.2) is 0 Å². The minimum atomic E-state index is -0.582. The molecule has 0 unspecified atom stereocenters. The third kappa shape index (κ3) is 5.16. The van der Waals surface area contributed by atoms with E-state index in [-0.39, 0.29) is 12.6 Å². The minimum absolute atomic E-state index is 0.123. The van der Waals surface area contributed by atoms with E-state index in [9.17, 15) is 9.59 Å². The van der Waals surface area contributed by atoms with Crippen LogP contribution in [0.3, 0.4) is 0 Å². The van der Waals surface area contributed by atoms with E-state index in [0.717, 1.165) is 5.69 Å². The highest BCUT2D eigenvalue weighted by Crippen LogP contribution is 2.29. The minimum Gasteiger partial charge on any atom is -0.342 e. The Hall–Kier alpha value is -3.51. The molecule has 0 radical (unpaired) electrons. The van der Waals surface area contributed by atoms with Crippen LogP contribution in [0.1, 0.15) is 22.9 Å².